The summed E-state index contributed by atoms with van der Waals surface area (Å²) in [4.78, 5) is 15.3. The molecule has 0 unspecified atom stereocenters. The van der Waals surface area contributed by atoms with Gasteiger partial charge < -0.3 is 9.64 Å². The molecule has 1 rings (SSSR count). The molecule has 15 heavy (non-hydrogen) atoms. The summed E-state index contributed by atoms with van der Waals surface area (Å²) in [6.07, 6.45) is 0. The Labute approximate surface area is 90.0 Å². The van der Waals surface area contributed by atoms with E-state index in [2.05, 4.69) is 0 Å². The predicted molar refractivity (Wildman–Crippen MR) is 55.5 cm³/mol. The molecule has 88 valence electrons. The summed E-state index contributed by atoms with van der Waals surface area (Å²) in [5, 5.41) is 0. The number of ether oxygens (including phenoxy) is 1. The fraction of sp³-hybridized carbons (Fsp3) is 0.900. The number of carbonyl (C=O) groups excluding carboxylic acids is 1. The topological polar surface area (TPSA) is 32.8 Å². The van der Waals surface area contributed by atoms with Crippen molar-refractivity contribution in [3.8, 4) is 0 Å². The van der Waals surface area contributed by atoms with Crippen LogP contribution in [0.25, 0.3) is 0 Å². The molecule has 4 nitrogen and oxygen atoms in total. The zero-order valence-electron chi connectivity index (χ0n) is 9.25. The molecule has 1 fully saturated rings. The van der Waals surface area contributed by atoms with Crippen molar-refractivity contribution in [1.29, 1.82) is 0 Å². The smallest absolute Gasteiger partial charge is 0.248 e. The molecule has 1 saturated heterocycles. The number of nitrogens with zero attached hydrogens (tertiary/aromatic N) is 2. The third-order valence-electron chi connectivity index (χ3n) is 2.56. The van der Waals surface area contributed by atoms with Gasteiger partial charge in [-0.05, 0) is 6.92 Å². The monoisotopic (exact) mass is 218 g/mol. The summed E-state index contributed by atoms with van der Waals surface area (Å²) in [7, 11) is 0. The van der Waals surface area contributed by atoms with Gasteiger partial charge in [-0.15, -0.1) is 0 Å². The molecule has 0 aromatic carbocycles. The van der Waals surface area contributed by atoms with Crippen molar-refractivity contribution < 1.29 is 13.9 Å². The van der Waals surface area contributed by atoms with Gasteiger partial charge in [0.15, 0.2) is 0 Å². The first-order valence-electron chi connectivity index (χ1n) is 5.41. The van der Waals surface area contributed by atoms with E-state index in [1.165, 1.54) is 0 Å². The molecule has 1 aliphatic heterocycles. The van der Waals surface area contributed by atoms with Crippen molar-refractivity contribution >= 4 is 5.91 Å². The maximum absolute atomic E-state index is 12.1. The zero-order valence-corrected chi connectivity index (χ0v) is 9.25. The first kappa shape index (κ1) is 12.4. The normalized spacial score (nSPS) is 18.1. The molecule has 0 saturated carbocycles. The van der Waals surface area contributed by atoms with E-state index < -0.39 is 0 Å². The Balaban J connectivity index is 2.21. The highest BCUT2D eigenvalue weighted by Crippen LogP contribution is 2.02. The highest BCUT2D eigenvalue weighted by atomic mass is 19.1. The molecule has 0 bridgehead atoms. The minimum absolute atomic E-state index is 0.0387. The van der Waals surface area contributed by atoms with Crippen molar-refractivity contribution in [2.24, 2.45) is 0 Å². The number of carbonyl (C=O) groups is 1. The minimum Gasteiger partial charge on any atom is -0.372 e. The van der Waals surface area contributed by atoms with Gasteiger partial charge in [0.2, 0.25) is 5.91 Å². The fourth-order valence-electron chi connectivity index (χ4n) is 1.62. The summed E-state index contributed by atoms with van der Waals surface area (Å²) in [5.41, 5.74) is 0. The predicted octanol–water partition coefficient (Wildman–Crippen LogP) is 0.137. The van der Waals surface area contributed by atoms with Crippen LogP contribution in [0.2, 0.25) is 0 Å². The SMILES string of the molecule is CCOCC(=O)N1CCN(CCF)CC1. The summed E-state index contributed by atoms with van der Waals surface area (Å²) in [5.74, 6) is 0.0387. The molecule has 0 aliphatic carbocycles. The second-order valence-electron chi connectivity index (χ2n) is 3.55. The van der Waals surface area contributed by atoms with Gasteiger partial charge >= 0.3 is 0 Å². The van der Waals surface area contributed by atoms with Crippen molar-refractivity contribution in [3.63, 3.8) is 0 Å². The number of alkyl halides is 1. The van der Waals surface area contributed by atoms with Crippen LogP contribution in [0.4, 0.5) is 4.39 Å². The number of hydrogen-bond acceptors (Lipinski definition) is 3. The van der Waals surface area contributed by atoms with Crippen LogP contribution >= 0.6 is 0 Å². The second kappa shape index (κ2) is 6.74. The van der Waals surface area contributed by atoms with Gasteiger partial charge in [0, 0.05) is 39.3 Å². The number of hydrogen-bond donors (Lipinski definition) is 0. The zero-order chi connectivity index (χ0) is 11.1. The fourth-order valence-corrected chi connectivity index (χ4v) is 1.62. The summed E-state index contributed by atoms with van der Waals surface area (Å²) in [6.45, 7) is 5.67. The summed E-state index contributed by atoms with van der Waals surface area (Å²) >= 11 is 0. The van der Waals surface area contributed by atoms with Gasteiger partial charge in [-0.2, -0.15) is 0 Å². The second-order valence-corrected chi connectivity index (χ2v) is 3.55. The van der Waals surface area contributed by atoms with Crippen LogP contribution in [-0.2, 0) is 9.53 Å². The van der Waals surface area contributed by atoms with Gasteiger partial charge in [0.05, 0.1) is 0 Å². The Morgan fingerprint density at radius 2 is 2.00 bits per heavy atom. The van der Waals surface area contributed by atoms with E-state index in [1.54, 1.807) is 4.90 Å². The molecule has 0 aromatic rings. The lowest BCUT2D eigenvalue weighted by Gasteiger charge is -2.34. The number of halogens is 1. The molecule has 1 heterocycles. The van der Waals surface area contributed by atoms with Crippen LogP contribution in [-0.4, -0.2) is 68.3 Å². The Kier molecular flexibility index (Phi) is 5.57. The average Bonchev–Trinajstić information content (AvgIpc) is 2.27. The lowest BCUT2D eigenvalue weighted by atomic mass is 10.3. The van der Waals surface area contributed by atoms with Crippen LogP contribution < -0.4 is 0 Å². The molecule has 1 amide bonds. The largest absolute Gasteiger partial charge is 0.372 e. The van der Waals surface area contributed by atoms with Crippen LogP contribution in [0.15, 0.2) is 0 Å². The first-order valence-corrected chi connectivity index (χ1v) is 5.41. The van der Waals surface area contributed by atoms with Gasteiger partial charge in [-0.3, -0.25) is 9.69 Å². The maximum Gasteiger partial charge on any atom is 0.248 e. The average molecular weight is 218 g/mol. The van der Waals surface area contributed by atoms with Gasteiger partial charge in [-0.25, -0.2) is 4.39 Å². The van der Waals surface area contributed by atoms with E-state index in [9.17, 15) is 9.18 Å². The molecular weight excluding hydrogens is 199 g/mol. The van der Waals surface area contributed by atoms with Crippen molar-refractivity contribution in [1.82, 2.24) is 9.80 Å². The summed E-state index contributed by atoms with van der Waals surface area (Å²) < 4.78 is 17.1. The van der Waals surface area contributed by atoms with E-state index in [-0.39, 0.29) is 19.2 Å². The third kappa shape index (κ3) is 4.13. The third-order valence-corrected chi connectivity index (χ3v) is 2.56. The van der Waals surface area contributed by atoms with Crippen molar-refractivity contribution in [3.05, 3.63) is 0 Å². The van der Waals surface area contributed by atoms with E-state index >= 15 is 0 Å². The number of amides is 1. The quantitative estimate of drug-likeness (QED) is 0.658. The summed E-state index contributed by atoms with van der Waals surface area (Å²) in [6, 6.07) is 0. The number of rotatable bonds is 5. The van der Waals surface area contributed by atoms with Crippen LogP contribution in [0.1, 0.15) is 6.92 Å². The molecule has 5 heteroatoms. The molecule has 1 aliphatic rings. The molecule has 0 atom stereocenters. The van der Waals surface area contributed by atoms with E-state index in [0.29, 0.717) is 26.2 Å². The Hall–Kier alpha value is -0.680. The van der Waals surface area contributed by atoms with Crippen LogP contribution in [0.3, 0.4) is 0 Å². The molecular formula is C10H19FN2O2. The standard InChI is InChI=1S/C10H19FN2O2/c1-2-15-9-10(14)13-7-5-12(4-3-11)6-8-13/h2-9H2,1H3. The van der Waals surface area contributed by atoms with Crippen molar-refractivity contribution in [2.75, 3.05) is 52.6 Å². The Morgan fingerprint density at radius 1 is 1.33 bits per heavy atom. The van der Waals surface area contributed by atoms with E-state index in [4.69, 9.17) is 4.74 Å². The number of piperazine rings is 1. The van der Waals surface area contributed by atoms with Gasteiger partial charge in [0.1, 0.15) is 13.3 Å². The Bertz CT molecular complexity index is 194. The van der Waals surface area contributed by atoms with Crippen LogP contribution in [0, 0.1) is 0 Å². The van der Waals surface area contributed by atoms with E-state index in [1.807, 2.05) is 11.8 Å². The highest BCUT2D eigenvalue weighted by Gasteiger charge is 2.20. The van der Waals surface area contributed by atoms with Gasteiger partial charge in [-0.1, -0.05) is 0 Å². The highest BCUT2D eigenvalue weighted by molar-refractivity contribution is 5.77. The Morgan fingerprint density at radius 3 is 2.53 bits per heavy atom. The minimum atomic E-state index is -0.313. The maximum atomic E-state index is 12.1. The molecule has 0 N–H and O–H groups in total. The molecule has 0 aromatic heterocycles. The lowest BCUT2D eigenvalue weighted by molar-refractivity contribution is -0.137. The first-order chi connectivity index (χ1) is 7.27. The molecule has 0 spiro atoms. The molecule has 0 radical (unpaired) electrons. The van der Waals surface area contributed by atoms with E-state index in [0.717, 1.165) is 13.1 Å². The van der Waals surface area contributed by atoms with Gasteiger partial charge in [0.25, 0.3) is 0 Å². The van der Waals surface area contributed by atoms with Crippen LogP contribution in [0.5, 0.6) is 0 Å². The van der Waals surface area contributed by atoms with Crippen molar-refractivity contribution in [2.45, 2.75) is 6.92 Å². The lowest BCUT2D eigenvalue weighted by Crippen LogP contribution is -2.50.